The number of carbonyl (C=O) groups is 2. The second-order valence-electron chi connectivity index (χ2n) is 17.4. The largest absolute Gasteiger partial charge is 0.480 e. The topological polar surface area (TPSA) is 83.0 Å². The van der Waals surface area contributed by atoms with E-state index in [9.17, 15) is 9.59 Å². The molecule has 1 saturated heterocycles. The van der Waals surface area contributed by atoms with Gasteiger partial charge in [-0.15, -0.1) is 37.9 Å². The number of hydrogen-bond donors (Lipinski definition) is 9. The molecular formula is C47H76N6O4S8. The van der Waals surface area contributed by atoms with Crippen LogP contribution in [0.2, 0.25) is 0 Å². The molecule has 4 rings (SSSR count). The molecule has 0 saturated carbocycles. The van der Waals surface area contributed by atoms with Crippen LogP contribution >= 0.6 is 101 Å². The predicted octanol–water partition coefficient (Wildman–Crippen LogP) is 7.67. The van der Waals surface area contributed by atoms with E-state index in [4.69, 9.17) is 9.84 Å². The van der Waals surface area contributed by atoms with Crippen LogP contribution in [0.15, 0.2) is 87.5 Å². The van der Waals surface area contributed by atoms with Gasteiger partial charge in [-0.25, -0.2) is 0 Å². The van der Waals surface area contributed by atoms with Crippen molar-refractivity contribution >= 4 is 113 Å². The van der Waals surface area contributed by atoms with Crippen LogP contribution in [0.3, 0.4) is 0 Å². The van der Waals surface area contributed by atoms with E-state index in [1.54, 1.807) is 0 Å². The summed E-state index contributed by atoms with van der Waals surface area (Å²) in [6.45, 7) is 23.3. The number of carbonyl (C=O) groups excluding carboxylic acids is 1. The second kappa shape index (κ2) is 33.7. The first-order chi connectivity index (χ1) is 30.9. The molecule has 0 bridgehead atoms. The van der Waals surface area contributed by atoms with Gasteiger partial charge in [0, 0.05) is 146 Å². The Bertz CT molecular complexity index is 1610. The number of carboxylic acids is 1. The first kappa shape index (κ1) is 60.3. The number of hydrogen-bond acceptors (Lipinski definition) is 17. The molecule has 1 N–H and O–H groups in total. The van der Waals surface area contributed by atoms with Crippen LogP contribution in [0, 0.1) is 0 Å². The van der Waals surface area contributed by atoms with E-state index in [0.29, 0.717) is 32.7 Å². The lowest BCUT2D eigenvalue weighted by molar-refractivity contribution is -0.138. The molecule has 0 unspecified atom stereocenters. The van der Waals surface area contributed by atoms with Crippen LogP contribution in [0.25, 0.3) is 0 Å². The third-order valence-electron chi connectivity index (χ3n) is 10.2. The van der Waals surface area contributed by atoms with Crippen LogP contribution < -0.4 is 0 Å². The van der Waals surface area contributed by atoms with E-state index >= 15 is 0 Å². The van der Waals surface area contributed by atoms with Gasteiger partial charge in [-0.2, -0.15) is 63.1 Å². The Balaban J connectivity index is 0.000000340. The highest BCUT2D eigenvalue weighted by atomic mass is 32.1. The van der Waals surface area contributed by atoms with Gasteiger partial charge < -0.3 is 9.84 Å². The molecule has 3 aromatic carbocycles. The van der Waals surface area contributed by atoms with Crippen molar-refractivity contribution in [2.45, 2.75) is 71.5 Å². The zero-order valence-corrected chi connectivity index (χ0v) is 45.9. The Morgan fingerprint density at radius 1 is 0.600 bits per heavy atom. The maximum atomic E-state index is 11.0. The summed E-state index contributed by atoms with van der Waals surface area (Å²) in [6.07, 6.45) is 0. The minimum atomic E-state index is -0.872. The fraction of sp³-hybridized carbons (Fsp3) is 0.574. The van der Waals surface area contributed by atoms with Crippen molar-refractivity contribution in [3.05, 3.63) is 89.5 Å². The fourth-order valence-corrected chi connectivity index (χ4v) is 9.15. The van der Waals surface area contributed by atoms with Crippen molar-refractivity contribution in [2.75, 3.05) is 116 Å². The lowest BCUT2D eigenvalue weighted by atomic mass is 10.1. The number of carboxylic acid groups (broad SMARTS) is 1. The quantitative estimate of drug-likeness (QED) is 0.0254. The summed E-state index contributed by atoms with van der Waals surface area (Å²) in [5, 5.41) is 9.01. The predicted molar refractivity (Wildman–Crippen MR) is 299 cm³/mol. The normalized spacial score (nSPS) is 14.5. The molecule has 1 heterocycles. The molecule has 1 aliphatic rings. The van der Waals surface area contributed by atoms with Crippen LogP contribution in [-0.2, 0) is 34.0 Å². The van der Waals surface area contributed by atoms with Gasteiger partial charge in [-0.3, -0.25) is 39.0 Å². The molecule has 366 valence electrons. The van der Waals surface area contributed by atoms with E-state index < -0.39 is 5.97 Å². The van der Waals surface area contributed by atoms with E-state index in [2.05, 4.69) is 157 Å². The summed E-state index contributed by atoms with van der Waals surface area (Å²) in [7, 11) is 0. The van der Waals surface area contributed by atoms with Crippen molar-refractivity contribution in [3.8, 4) is 0 Å². The lowest BCUT2D eigenvalue weighted by Crippen LogP contribution is -2.45. The van der Waals surface area contributed by atoms with E-state index in [0.717, 1.165) is 110 Å². The van der Waals surface area contributed by atoms with Gasteiger partial charge in [-0.1, -0.05) is 54.6 Å². The molecule has 0 radical (unpaired) electrons. The molecule has 0 atom stereocenters. The molecule has 1 aliphatic heterocycles. The molecule has 10 nitrogen and oxygen atoms in total. The Hall–Kier alpha value is -0.840. The number of aliphatic carboxylic acids is 1. The van der Waals surface area contributed by atoms with Crippen LogP contribution in [0.1, 0.15) is 44.4 Å². The van der Waals surface area contributed by atoms with Gasteiger partial charge in [0.15, 0.2) is 0 Å². The third kappa shape index (κ3) is 28.4. The summed E-state index contributed by atoms with van der Waals surface area (Å²) in [5.74, 6) is 1.96. The van der Waals surface area contributed by atoms with Crippen molar-refractivity contribution in [1.29, 1.82) is 0 Å². The minimum absolute atomic E-state index is 0.0450. The Kier molecular flexibility index (Phi) is 31.2. The molecule has 0 spiro atoms. The monoisotopic (exact) mass is 1040 g/mol. The van der Waals surface area contributed by atoms with Gasteiger partial charge in [0.1, 0.15) is 6.73 Å². The van der Waals surface area contributed by atoms with Gasteiger partial charge in [0.2, 0.25) is 0 Å². The molecule has 0 amide bonds. The fourth-order valence-electron chi connectivity index (χ4n) is 7.21. The van der Waals surface area contributed by atoms with Crippen LogP contribution in [0.4, 0.5) is 0 Å². The first-order valence-corrected chi connectivity index (χ1v) is 26.2. The third-order valence-corrected chi connectivity index (χ3v) is 12.4. The average Bonchev–Trinajstić information content (AvgIpc) is 3.32. The molecule has 18 heteroatoms. The van der Waals surface area contributed by atoms with Gasteiger partial charge in [0.25, 0.3) is 6.47 Å². The van der Waals surface area contributed by atoms with E-state index in [1.165, 1.54) is 16.7 Å². The maximum absolute atomic E-state index is 11.0. The molecule has 0 aliphatic carbocycles. The highest BCUT2D eigenvalue weighted by Gasteiger charge is 2.23. The van der Waals surface area contributed by atoms with Crippen LogP contribution in [-0.4, -0.2) is 172 Å². The number of nitrogens with zero attached hydrogens (tertiary/aromatic N) is 6. The van der Waals surface area contributed by atoms with Crippen molar-refractivity contribution in [3.63, 3.8) is 0 Å². The SMILES string of the molecule is CC(C)(S)CN(CCN(CC(=O)O)CC(C)(C)S)COC=O.SCCN1CCN(CCS)CCN(CCS)CC1.Sc1ccccc1CN(Cc1ccccc1S)Cc1ccccc1S. The number of thiol groups is 8. The van der Waals surface area contributed by atoms with Crippen molar-refractivity contribution < 1.29 is 19.4 Å². The smallest absolute Gasteiger partial charge is 0.317 e. The highest BCUT2D eigenvalue weighted by Crippen LogP contribution is 2.24. The lowest BCUT2D eigenvalue weighted by Gasteiger charge is -2.32. The number of benzene rings is 3. The van der Waals surface area contributed by atoms with Gasteiger partial charge in [-0.05, 0) is 62.6 Å². The van der Waals surface area contributed by atoms with Gasteiger partial charge in [0.05, 0.1) is 6.54 Å². The average molecular weight is 1050 g/mol. The standard InChI is InChI=1S/C21H21NS3.C14H28N2O4S2.C12H27N3S3/c23-19-10-4-1-7-16(19)13-22(14-17-8-2-5-11-20(17)24)15-18-9-3-6-12-21(18)25;1-13(2,21)8-15(7-12(18)19)5-6-16(10-20-11-17)9-14(3,4)22;16-10-7-13-1-2-14(8-11-17)5-6-15(4-3-13)9-12-18/h1-12,23-25H,13-15H2;11,21-22H,5-10H2,1-4H3,(H,18,19);16-18H,1-12H2. The zero-order valence-electron chi connectivity index (χ0n) is 38.8. The number of ether oxygens (including phenoxy) is 1. The summed E-state index contributed by atoms with van der Waals surface area (Å²) in [5.41, 5.74) is 3.66. The van der Waals surface area contributed by atoms with Gasteiger partial charge >= 0.3 is 5.97 Å². The summed E-state index contributed by atoms with van der Waals surface area (Å²) in [4.78, 5) is 38.1. The minimum Gasteiger partial charge on any atom is -0.480 e. The maximum Gasteiger partial charge on any atom is 0.317 e. The highest BCUT2D eigenvalue weighted by molar-refractivity contribution is 7.82. The summed E-state index contributed by atoms with van der Waals surface area (Å²) < 4.78 is 4.28. The Morgan fingerprint density at radius 2 is 0.923 bits per heavy atom. The van der Waals surface area contributed by atoms with E-state index in [-0.39, 0.29) is 22.8 Å². The summed E-state index contributed by atoms with van der Waals surface area (Å²) in [6, 6.07) is 24.7. The molecule has 1 fully saturated rings. The molecular weight excluding hydrogens is 969 g/mol. The van der Waals surface area contributed by atoms with Crippen molar-refractivity contribution in [1.82, 2.24) is 29.4 Å². The Morgan fingerprint density at radius 3 is 1.22 bits per heavy atom. The van der Waals surface area contributed by atoms with Crippen LogP contribution in [0.5, 0.6) is 0 Å². The Labute approximate surface area is 435 Å². The van der Waals surface area contributed by atoms with Crippen molar-refractivity contribution in [2.24, 2.45) is 0 Å². The first-order valence-electron chi connectivity index (χ1n) is 22.0. The molecule has 0 aromatic heterocycles. The molecule has 3 aromatic rings. The van der Waals surface area contributed by atoms with E-state index in [1.807, 2.05) is 73.9 Å². The zero-order chi connectivity index (χ0) is 48.3. The second-order valence-corrected chi connectivity index (χ2v) is 22.6. The summed E-state index contributed by atoms with van der Waals surface area (Å²) >= 11 is 35.8. The molecule has 65 heavy (non-hydrogen) atoms. The number of rotatable bonds is 24.